The second kappa shape index (κ2) is 4.42. The summed E-state index contributed by atoms with van der Waals surface area (Å²) in [6, 6.07) is 15.8. The van der Waals surface area contributed by atoms with E-state index in [1.807, 2.05) is 30.3 Å². The van der Waals surface area contributed by atoms with Gasteiger partial charge in [-0.05, 0) is 23.8 Å². The van der Waals surface area contributed by atoms with Gasteiger partial charge in [-0.3, -0.25) is 4.79 Å². The highest BCUT2D eigenvalue weighted by molar-refractivity contribution is 9.10. The maximum Gasteiger partial charge on any atom is 0.150 e. The molecule has 3 aromatic rings. The standard InChI is InChI=1S/C15H10BrNO/c16-13-6-5-12-7-14(17-15(12)8-13)11-3-1-10(9-18)2-4-11/h1-9,17H. The summed E-state index contributed by atoms with van der Waals surface area (Å²) in [4.78, 5) is 14.0. The zero-order chi connectivity index (χ0) is 12.5. The lowest BCUT2D eigenvalue weighted by Gasteiger charge is -1.97. The molecule has 0 amide bonds. The quantitative estimate of drug-likeness (QED) is 0.699. The van der Waals surface area contributed by atoms with Crippen LogP contribution in [-0.2, 0) is 0 Å². The van der Waals surface area contributed by atoms with Gasteiger partial charge in [-0.2, -0.15) is 0 Å². The largest absolute Gasteiger partial charge is 0.354 e. The number of carbonyl (C=O) groups is 1. The number of aromatic amines is 1. The third-order valence-corrected chi connectivity index (χ3v) is 3.44. The zero-order valence-corrected chi connectivity index (χ0v) is 11.1. The molecule has 1 aromatic heterocycles. The molecule has 1 N–H and O–H groups in total. The highest BCUT2D eigenvalue weighted by Gasteiger charge is 2.03. The Labute approximate surface area is 113 Å². The molecule has 1 heterocycles. The van der Waals surface area contributed by atoms with Crippen molar-refractivity contribution in [1.29, 1.82) is 0 Å². The number of fused-ring (bicyclic) bond motifs is 1. The topological polar surface area (TPSA) is 32.9 Å². The van der Waals surface area contributed by atoms with Gasteiger partial charge in [-0.15, -0.1) is 0 Å². The summed E-state index contributed by atoms with van der Waals surface area (Å²) in [6.07, 6.45) is 0.853. The molecule has 0 unspecified atom stereocenters. The molecule has 0 radical (unpaired) electrons. The molecule has 2 nitrogen and oxygen atoms in total. The summed E-state index contributed by atoms with van der Waals surface area (Å²) >= 11 is 3.46. The van der Waals surface area contributed by atoms with Gasteiger partial charge in [0.25, 0.3) is 0 Å². The fourth-order valence-corrected chi connectivity index (χ4v) is 2.36. The lowest BCUT2D eigenvalue weighted by Crippen LogP contribution is -1.80. The number of halogens is 1. The summed E-state index contributed by atoms with van der Waals surface area (Å²) < 4.78 is 1.06. The minimum atomic E-state index is 0.692. The van der Waals surface area contributed by atoms with Crippen LogP contribution in [0.15, 0.2) is 53.0 Å². The molecule has 3 rings (SSSR count). The summed E-state index contributed by atoms with van der Waals surface area (Å²) in [5, 5.41) is 1.17. The fraction of sp³-hybridized carbons (Fsp3) is 0. The number of aromatic nitrogens is 1. The van der Waals surface area contributed by atoms with Crippen LogP contribution in [0.2, 0.25) is 0 Å². The molecule has 0 aliphatic carbocycles. The number of H-pyrrole nitrogens is 1. The van der Waals surface area contributed by atoms with E-state index in [0.29, 0.717) is 5.56 Å². The van der Waals surface area contributed by atoms with Crippen LogP contribution in [0, 0.1) is 0 Å². The molecule has 0 saturated carbocycles. The number of aldehydes is 1. The predicted octanol–water partition coefficient (Wildman–Crippen LogP) is 4.41. The second-order valence-corrected chi connectivity index (χ2v) is 5.07. The van der Waals surface area contributed by atoms with Crippen LogP contribution in [-0.4, -0.2) is 11.3 Å². The lowest BCUT2D eigenvalue weighted by atomic mass is 10.1. The maximum atomic E-state index is 10.6. The summed E-state index contributed by atoms with van der Waals surface area (Å²) in [5.74, 6) is 0. The van der Waals surface area contributed by atoms with Gasteiger partial charge in [0, 0.05) is 26.6 Å². The van der Waals surface area contributed by atoms with E-state index in [2.05, 4.69) is 39.1 Å². The first-order chi connectivity index (χ1) is 8.76. The Hall–Kier alpha value is -1.87. The van der Waals surface area contributed by atoms with E-state index in [1.54, 1.807) is 0 Å². The van der Waals surface area contributed by atoms with Crippen molar-refractivity contribution in [1.82, 2.24) is 4.98 Å². The SMILES string of the molecule is O=Cc1ccc(-c2cc3ccc(Br)cc3[nH]2)cc1. The van der Waals surface area contributed by atoms with Crippen molar-refractivity contribution in [2.24, 2.45) is 0 Å². The van der Waals surface area contributed by atoms with Gasteiger partial charge in [0.15, 0.2) is 0 Å². The predicted molar refractivity (Wildman–Crippen MR) is 76.8 cm³/mol. The van der Waals surface area contributed by atoms with Crippen molar-refractivity contribution >= 4 is 33.1 Å². The monoisotopic (exact) mass is 299 g/mol. The van der Waals surface area contributed by atoms with E-state index < -0.39 is 0 Å². The lowest BCUT2D eigenvalue weighted by molar-refractivity contribution is 0.112. The molecule has 3 heteroatoms. The smallest absolute Gasteiger partial charge is 0.150 e. The first-order valence-electron chi connectivity index (χ1n) is 5.60. The third-order valence-electron chi connectivity index (χ3n) is 2.94. The van der Waals surface area contributed by atoms with Gasteiger partial charge in [0.05, 0.1) is 0 Å². The van der Waals surface area contributed by atoms with E-state index in [-0.39, 0.29) is 0 Å². The Morgan fingerprint density at radius 2 is 1.78 bits per heavy atom. The van der Waals surface area contributed by atoms with E-state index >= 15 is 0 Å². The minimum absolute atomic E-state index is 0.692. The average molecular weight is 300 g/mol. The van der Waals surface area contributed by atoms with Crippen LogP contribution in [0.5, 0.6) is 0 Å². The van der Waals surface area contributed by atoms with Gasteiger partial charge in [0.1, 0.15) is 6.29 Å². The van der Waals surface area contributed by atoms with E-state index in [0.717, 1.165) is 27.5 Å². The van der Waals surface area contributed by atoms with Crippen molar-refractivity contribution < 1.29 is 4.79 Å². The summed E-state index contributed by atoms with van der Waals surface area (Å²) in [5.41, 5.74) is 3.92. The van der Waals surface area contributed by atoms with Gasteiger partial charge < -0.3 is 4.98 Å². The Kier molecular flexibility index (Phi) is 2.76. The summed E-state index contributed by atoms with van der Waals surface area (Å²) in [6.45, 7) is 0. The van der Waals surface area contributed by atoms with Crippen molar-refractivity contribution in [3.63, 3.8) is 0 Å². The van der Waals surface area contributed by atoms with E-state index in [1.165, 1.54) is 5.39 Å². The number of carbonyl (C=O) groups excluding carboxylic acids is 1. The molecule has 88 valence electrons. The Morgan fingerprint density at radius 1 is 1.00 bits per heavy atom. The third kappa shape index (κ3) is 1.97. The fourth-order valence-electron chi connectivity index (χ4n) is 2.00. The van der Waals surface area contributed by atoms with Crippen LogP contribution in [0.1, 0.15) is 10.4 Å². The molecular formula is C15H10BrNO. The van der Waals surface area contributed by atoms with Gasteiger partial charge in [-0.25, -0.2) is 0 Å². The maximum absolute atomic E-state index is 10.6. The molecule has 0 fully saturated rings. The highest BCUT2D eigenvalue weighted by atomic mass is 79.9. The van der Waals surface area contributed by atoms with Crippen molar-refractivity contribution in [2.45, 2.75) is 0 Å². The number of hydrogen-bond acceptors (Lipinski definition) is 1. The number of benzene rings is 2. The van der Waals surface area contributed by atoms with Crippen LogP contribution in [0.3, 0.4) is 0 Å². The average Bonchev–Trinajstić information content (AvgIpc) is 2.81. The van der Waals surface area contributed by atoms with Crippen LogP contribution in [0.25, 0.3) is 22.2 Å². The molecule has 0 aliphatic rings. The molecule has 0 spiro atoms. The molecular weight excluding hydrogens is 290 g/mol. The van der Waals surface area contributed by atoms with Crippen LogP contribution < -0.4 is 0 Å². The normalized spacial score (nSPS) is 10.7. The van der Waals surface area contributed by atoms with Crippen molar-refractivity contribution in [3.05, 3.63) is 58.6 Å². The number of rotatable bonds is 2. The number of nitrogens with one attached hydrogen (secondary N) is 1. The Morgan fingerprint density at radius 3 is 2.50 bits per heavy atom. The van der Waals surface area contributed by atoms with Crippen LogP contribution in [0.4, 0.5) is 0 Å². The van der Waals surface area contributed by atoms with Crippen molar-refractivity contribution in [3.8, 4) is 11.3 Å². The van der Waals surface area contributed by atoms with Gasteiger partial charge in [-0.1, -0.05) is 46.3 Å². The molecule has 0 bridgehead atoms. The van der Waals surface area contributed by atoms with Gasteiger partial charge in [0.2, 0.25) is 0 Å². The van der Waals surface area contributed by atoms with E-state index in [4.69, 9.17) is 0 Å². The van der Waals surface area contributed by atoms with Gasteiger partial charge >= 0.3 is 0 Å². The van der Waals surface area contributed by atoms with Crippen LogP contribution >= 0.6 is 15.9 Å². The molecule has 2 aromatic carbocycles. The minimum Gasteiger partial charge on any atom is -0.354 e. The first kappa shape index (κ1) is 11.2. The second-order valence-electron chi connectivity index (χ2n) is 4.15. The Balaban J connectivity index is 2.10. The molecule has 0 aliphatic heterocycles. The summed E-state index contributed by atoms with van der Waals surface area (Å²) in [7, 11) is 0. The Bertz CT molecular complexity index is 713. The van der Waals surface area contributed by atoms with Crippen molar-refractivity contribution in [2.75, 3.05) is 0 Å². The molecule has 18 heavy (non-hydrogen) atoms. The number of hydrogen-bond donors (Lipinski definition) is 1. The highest BCUT2D eigenvalue weighted by Crippen LogP contribution is 2.26. The molecule has 0 saturated heterocycles. The zero-order valence-electron chi connectivity index (χ0n) is 9.48. The first-order valence-corrected chi connectivity index (χ1v) is 6.39. The van der Waals surface area contributed by atoms with E-state index in [9.17, 15) is 4.79 Å². The molecule has 0 atom stereocenters.